The molecule has 1 amide bonds. The SMILES string of the molecule is Cc1nccn1CC(=O)N1CCCC2(CCCCO2)C1C#N. The van der Waals surface area contributed by atoms with E-state index in [1.54, 1.807) is 17.3 Å². The van der Waals surface area contributed by atoms with E-state index in [9.17, 15) is 10.1 Å². The molecule has 2 fully saturated rings. The third-order valence-corrected chi connectivity index (χ3v) is 4.86. The largest absolute Gasteiger partial charge is 0.372 e. The number of nitrogens with zero attached hydrogens (tertiary/aromatic N) is 4. The van der Waals surface area contributed by atoms with Crippen molar-refractivity contribution < 1.29 is 9.53 Å². The van der Waals surface area contributed by atoms with E-state index < -0.39 is 11.6 Å². The number of likely N-dealkylation sites (tertiary alicyclic amines) is 1. The number of carbonyl (C=O) groups excluding carboxylic acids is 1. The molecule has 0 N–H and O–H groups in total. The summed E-state index contributed by atoms with van der Waals surface area (Å²) in [6, 6.07) is 1.87. The third-order valence-electron chi connectivity index (χ3n) is 4.86. The Kier molecular flexibility index (Phi) is 4.16. The van der Waals surface area contributed by atoms with Gasteiger partial charge in [0.25, 0.3) is 0 Å². The zero-order valence-corrected chi connectivity index (χ0v) is 13.0. The Hall–Kier alpha value is -1.87. The molecular weight excluding hydrogens is 280 g/mol. The summed E-state index contributed by atoms with van der Waals surface area (Å²) in [5.74, 6) is 0.781. The first-order valence-electron chi connectivity index (χ1n) is 7.97. The van der Waals surface area contributed by atoms with Crippen molar-refractivity contribution in [2.75, 3.05) is 13.2 Å². The van der Waals surface area contributed by atoms with Gasteiger partial charge in [0, 0.05) is 25.5 Å². The second kappa shape index (κ2) is 6.09. The highest BCUT2D eigenvalue weighted by atomic mass is 16.5. The molecule has 1 aromatic rings. The van der Waals surface area contributed by atoms with E-state index in [0.717, 1.165) is 37.9 Å². The van der Waals surface area contributed by atoms with Gasteiger partial charge in [0.2, 0.25) is 5.91 Å². The molecule has 2 saturated heterocycles. The molecule has 0 aromatic carbocycles. The van der Waals surface area contributed by atoms with Gasteiger partial charge in [-0.25, -0.2) is 4.98 Å². The van der Waals surface area contributed by atoms with Crippen LogP contribution in [0.1, 0.15) is 37.9 Å². The molecule has 2 aliphatic rings. The van der Waals surface area contributed by atoms with Gasteiger partial charge in [-0.3, -0.25) is 4.79 Å². The van der Waals surface area contributed by atoms with Crippen LogP contribution in [0, 0.1) is 18.3 Å². The van der Waals surface area contributed by atoms with Crippen molar-refractivity contribution in [3.05, 3.63) is 18.2 Å². The first-order chi connectivity index (χ1) is 10.7. The number of carbonyl (C=O) groups is 1. The van der Waals surface area contributed by atoms with Gasteiger partial charge in [0.1, 0.15) is 24.0 Å². The Labute approximate surface area is 130 Å². The van der Waals surface area contributed by atoms with E-state index >= 15 is 0 Å². The Balaban J connectivity index is 1.78. The molecule has 22 heavy (non-hydrogen) atoms. The van der Waals surface area contributed by atoms with Crippen molar-refractivity contribution in [3.63, 3.8) is 0 Å². The summed E-state index contributed by atoms with van der Waals surface area (Å²) in [6.45, 7) is 3.44. The number of nitriles is 1. The van der Waals surface area contributed by atoms with Gasteiger partial charge >= 0.3 is 0 Å². The lowest BCUT2D eigenvalue weighted by atomic mass is 9.79. The van der Waals surface area contributed by atoms with Crippen LogP contribution in [0.15, 0.2) is 12.4 Å². The van der Waals surface area contributed by atoms with Crippen LogP contribution in [0.3, 0.4) is 0 Å². The maximum Gasteiger partial charge on any atom is 0.243 e. The van der Waals surface area contributed by atoms with E-state index in [0.29, 0.717) is 13.2 Å². The first-order valence-corrected chi connectivity index (χ1v) is 7.97. The summed E-state index contributed by atoms with van der Waals surface area (Å²) >= 11 is 0. The summed E-state index contributed by atoms with van der Waals surface area (Å²) in [4.78, 5) is 18.5. The summed E-state index contributed by atoms with van der Waals surface area (Å²) in [5, 5.41) is 9.67. The molecule has 0 bridgehead atoms. The van der Waals surface area contributed by atoms with E-state index in [-0.39, 0.29) is 12.5 Å². The molecule has 0 aliphatic carbocycles. The number of ether oxygens (including phenoxy) is 1. The summed E-state index contributed by atoms with van der Waals surface area (Å²) < 4.78 is 7.83. The minimum absolute atomic E-state index is 0.0269. The second-order valence-electron chi connectivity index (χ2n) is 6.20. The standard InChI is InChI=1S/C16H22N4O2/c1-13-18-7-9-19(13)12-15(21)20-8-4-6-16(14(20)11-17)5-2-3-10-22-16/h7,9,14H,2-6,8,10,12H2,1H3. The van der Waals surface area contributed by atoms with Crippen LogP contribution < -0.4 is 0 Å². The maximum absolute atomic E-state index is 12.7. The fourth-order valence-electron chi connectivity index (χ4n) is 3.65. The molecule has 3 rings (SSSR count). The van der Waals surface area contributed by atoms with E-state index in [1.807, 2.05) is 11.5 Å². The number of hydrogen-bond acceptors (Lipinski definition) is 4. The first kappa shape index (κ1) is 15.0. The fourth-order valence-corrected chi connectivity index (χ4v) is 3.65. The van der Waals surface area contributed by atoms with Gasteiger partial charge in [0.05, 0.1) is 6.07 Å². The molecular formula is C16H22N4O2. The molecule has 6 heteroatoms. The zero-order valence-electron chi connectivity index (χ0n) is 13.0. The number of hydrogen-bond donors (Lipinski definition) is 0. The molecule has 2 atom stereocenters. The quantitative estimate of drug-likeness (QED) is 0.832. The number of imidazole rings is 1. The van der Waals surface area contributed by atoms with Crippen LogP contribution >= 0.6 is 0 Å². The van der Waals surface area contributed by atoms with Gasteiger partial charge in [-0.15, -0.1) is 0 Å². The molecule has 0 radical (unpaired) electrons. The molecule has 2 aliphatic heterocycles. The van der Waals surface area contributed by atoms with Gasteiger partial charge in [-0.2, -0.15) is 5.26 Å². The van der Waals surface area contributed by atoms with Gasteiger partial charge in [0.15, 0.2) is 0 Å². The van der Waals surface area contributed by atoms with Crippen LogP contribution in [0.5, 0.6) is 0 Å². The molecule has 2 unspecified atom stereocenters. The summed E-state index contributed by atoms with van der Waals surface area (Å²) in [7, 11) is 0. The predicted molar refractivity (Wildman–Crippen MR) is 79.8 cm³/mol. The van der Waals surface area contributed by atoms with Crippen molar-refractivity contribution in [1.82, 2.24) is 14.5 Å². The lowest BCUT2D eigenvalue weighted by Crippen LogP contribution is -2.60. The van der Waals surface area contributed by atoms with Crippen LogP contribution in [-0.4, -0.2) is 45.2 Å². The van der Waals surface area contributed by atoms with Gasteiger partial charge < -0.3 is 14.2 Å². The minimum atomic E-state index is -0.474. The van der Waals surface area contributed by atoms with Crippen LogP contribution in [-0.2, 0) is 16.1 Å². The number of aryl methyl sites for hydroxylation is 1. The normalized spacial score (nSPS) is 28.5. The average molecular weight is 302 g/mol. The lowest BCUT2D eigenvalue weighted by Gasteiger charge is -2.48. The zero-order chi connectivity index (χ0) is 15.6. The van der Waals surface area contributed by atoms with Crippen LogP contribution in [0.2, 0.25) is 0 Å². The minimum Gasteiger partial charge on any atom is -0.372 e. The fraction of sp³-hybridized carbons (Fsp3) is 0.688. The van der Waals surface area contributed by atoms with Crippen molar-refractivity contribution in [2.45, 2.75) is 57.2 Å². The summed E-state index contributed by atoms with van der Waals surface area (Å²) in [6.07, 6.45) is 8.24. The predicted octanol–water partition coefficient (Wildman–Crippen LogP) is 1.65. The number of amides is 1. The smallest absolute Gasteiger partial charge is 0.243 e. The lowest BCUT2D eigenvalue weighted by molar-refractivity contribution is -0.159. The number of piperidine rings is 1. The van der Waals surface area contributed by atoms with Crippen LogP contribution in [0.4, 0.5) is 0 Å². The average Bonchev–Trinajstić information content (AvgIpc) is 2.93. The van der Waals surface area contributed by atoms with Gasteiger partial charge in [-0.1, -0.05) is 0 Å². The Morgan fingerprint density at radius 2 is 2.32 bits per heavy atom. The molecule has 118 valence electrons. The van der Waals surface area contributed by atoms with E-state index in [2.05, 4.69) is 11.1 Å². The Morgan fingerprint density at radius 3 is 2.95 bits per heavy atom. The molecule has 6 nitrogen and oxygen atoms in total. The van der Waals surface area contributed by atoms with E-state index in [4.69, 9.17) is 4.74 Å². The number of aromatic nitrogens is 2. The van der Waals surface area contributed by atoms with Crippen LogP contribution in [0.25, 0.3) is 0 Å². The van der Waals surface area contributed by atoms with Crippen molar-refractivity contribution in [2.24, 2.45) is 0 Å². The number of rotatable bonds is 2. The van der Waals surface area contributed by atoms with Crippen molar-refractivity contribution in [1.29, 1.82) is 5.26 Å². The molecule has 3 heterocycles. The molecule has 0 saturated carbocycles. The monoisotopic (exact) mass is 302 g/mol. The van der Waals surface area contributed by atoms with Gasteiger partial charge in [-0.05, 0) is 39.0 Å². The Bertz CT molecular complexity index is 578. The highest BCUT2D eigenvalue weighted by Crippen LogP contribution is 2.38. The third kappa shape index (κ3) is 2.61. The molecule has 1 aromatic heterocycles. The second-order valence-corrected chi connectivity index (χ2v) is 6.20. The molecule has 1 spiro atoms. The van der Waals surface area contributed by atoms with Crippen molar-refractivity contribution in [3.8, 4) is 6.07 Å². The topological polar surface area (TPSA) is 71.2 Å². The summed E-state index contributed by atoms with van der Waals surface area (Å²) in [5.41, 5.74) is -0.453. The van der Waals surface area contributed by atoms with E-state index in [1.165, 1.54) is 0 Å². The Morgan fingerprint density at radius 1 is 1.50 bits per heavy atom. The maximum atomic E-state index is 12.7. The van der Waals surface area contributed by atoms with Crippen molar-refractivity contribution >= 4 is 5.91 Å². The highest BCUT2D eigenvalue weighted by Gasteiger charge is 2.48. The highest BCUT2D eigenvalue weighted by molar-refractivity contribution is 5.77.